The summed E-state index contributed by atoms with van der Waals surface area (Å²) in [5, 5.41) is 8.39. The van der Waals surface area contributed by atoms with Crippen molar-refractivity contribution in [2.75, 3.05) is 25.0 Å². The van der Waals surface area contributed by atoms with Crippen molar-refractivity contribution in [2.45, 2.75) is 38.1 Å². The van der Waals surface area contributed by atoms with E-state index >= 15 is 0 Å². The number of hydrogen-bond donors (Lipinski definition) is 2. The standard InChI is InChI=1S/C15H22N4O2S/c20-13(18-15-16-6-8-22-15)10-19-7-5-11(9-19)14(21)17-12-3-1-2-4-12/h6,8,11-12H,1-5,7,9-10H2,(H,17,21)(H,16,18,20). The van der Waals surface area contributed by atoms with Gasteiger partial charge >= 0.3 is 0 Å². The number of nitrogens with zero attached hydrogens (tertiary/aromatic N) is 2. The van der Waals surface area contributed by atoms with Crippen LogP contribution in [-0.4, -0.2) is 47.4 Å². The molecule has 1 atom stereocenters. The van der Waals surface area contributed by atoms with Crippen molar-refractivity contribution in [3.63, 3.8) is 0 Å². The molecule has 7 heteroatoms. The van der Waals surface area contributed by atoms with Gasteiger partial charge in [0.25, 0.3) is 0 Å². The van der Waals surface area contributed by atoms with E-state index in [4.69, 9.17) is 0 Å². The molecule has 1 unspecified atom stereocenters. The molecule has 2 amide bonds. The van der Waals surface area contributed by atoms with Gasteiger partial charge in [0.2, 0.25) is 11.8 Å². The average molecular weight is 322 g/mol. The minimum absolute atomic E-state index is 0.0215. The maximum atomic E-state index is 12.2. The number of nitrogens with one attached hydrogen (secondary N) is 2. The van der Waals surface area contributed by atoms with Gasteiger partial charge in [-0.05, 0) is 25.8 Å². The Bertz CT molecular complexity index is 514. The van der Waals surface area contributed by atoms with Crippen molar-refractivity contribution >= 4 is 28.3 Å². The topological polar surface area (TPSA) is 74.3 Å². The predicted octanol–water partition coefficient (Wildman–Crippen LogP) is 1.46. The number of rotatable bonds is 5. The largest absolute Gasteiger partial charge is 0.353 e. The molecule has 3 rings (SSSR count). The first kappa shape index (κ1) is 15.4. The average Bonchev–Trinajstić information content (AvgIpc) is 3.19. The highest BCUT2D eigenvalue weighted by molar-refractivity contribution is 7.13. The summed E-state index contributed by atoms with van der Waals surface area (Å²) < 4.78 is 0. The van der Waals surface area contributed by atoms with Crippen LogP contribution >= 0.6 is 11.3 Å². The summed E-state index contributed by atoms with van der Waals surface area (Å²) >= 11 is 1.41. The van der Waals surface area contributed by atoms with Crippen molar-refractivity contribution in [2.24, 2.45) is 5.92 Å². The maximum absolute atomic E-state index is 12.2. The number of likely N-dealkylation sites (tertiary alicyclic amines) is 1. The summed E-state index contributed by atoms with van der Waals surface area (Å²) in [6.07, 6.45) is 7.16. The highest BCUT2D eigenvalue weighted by atomic mass is 32.1. The van der Waals surface area contributed by atoms with Crippen LogP contribution in [0.25, 0.3) is 0 Å². The van der Waals surface area contributed by atoms with Crippen LogP contribution in [0, 0.1) is 5.92 Å². The Hall–Kier alpha value is -1.47. The lowest BCUT2D eigenvalue weighted by atomic mass is 10.1. The van der Waals surface area contributed by atoms with Gasteiger partial charge < -0.3 is 10.6 Å². The number of aromatic nitrogens is 1. The maximum Gasteiger partial charge on any atom is 0.240 e. The van der Waals surface area contributed by atoms with Gasteiger partial charge in [-0.3, -0.25) is 14.5 Å². The molecule has 1 aliphatic carbocycles. The van der Waals surface area contributed by atoms with Gasteiger partial charge in [0, 0.05) is 24.2 Å². The first-order chi connectivity index (χ1) is 10.7. The molecule has 6 nitrogen and oxygen atoms in total. The van der Waals surface area contributed by atoms with Crippen LogP contribution in [-0.2, 0) is 9.59 Å². The van der Waals surface area contributed by atoms with Crippen LogP contribution in [0.2, 0.25) is 0 Å². The zero-order valence-corrected chi connectivity index (χ0v) is 13.4. The summed E-state index contributed by atoms with van der Waals surface area (Å²) in [6.45, 7) is 1.80. The van der Waals surface area contributed by atoms with E-state index in [1.807, 2.05) is 10.3 Å². The van der Waals surface area contributed by atoms with E-state index in [1.54, 1.807) is 6.20 Å². The SMILES string of the molecule is O=C(CN1CCC(C(=O)NC2CCCC2)C1)Nc1nccs1. The lowest BCUT2D eigenvalue weighted by Crippen LogP contribution is -2.39. The Morgan fingerprint density at radius 2 is 2.14 bits per heavy atom. The van der Waals surface area contributed by atoms with Crippen LogP contribution in [0.15, 0.2) is 11.6 Å². The third kappa shape index (κ3) is 4.04. The van der Waals surface area contributed by atoms with Crippen LogP contribution < -0.4 is 10.6 Å². The second kappa shape index (κ2) is 7.19. The van der Waals surface area contributed by atoms with Crippen LogP contribution in [0.1, 0.15) is 32.1 Å². The molecule has 0 spiro atoms. The fourth-order valence-corrected chi connectivity index (χ4v) is 3.77. The molecule has 120 valence electrons. The van der Waals surface area contributed by atoms with Crippen molar-refractivity contribution in [3.05, 3.63) is 11.6 Å². The van der Waals surface area contributed by atoms with Gasteiger partial charge in [0.15, 0.2) is 5.13 Å². The number of carbonyl (C=O) groups excluding carboxylic acids is 2. The van der Waals surface area contributed by atoms with E-state index in [1.165, 1.54) is 24.2 Å². The minimum Gasteiger partial charge on any atom is -0.353 e. The molecule has 1 saturated carbocycles. The lowest BCUT2D eigenvalue weighted by Gasteiger charge is -2.17. The monoisotopic (exact) mass is 322 g/mol. The van der Waals surface area contributed by atoms with Crippen LogP contribution in [0.3, 0.4) is 0 Å². The highest BCUT2D eigenvalue weighted by Crippen LogP contribution is 2.21. The Morgan fingerprint density at radius 3 is 2.86 bits per heavy atom. The predicted molar refractivity (Wildman–Crippen MR) is 85.7 cm³/mol. The minimum atomic E-state index is -0.0631. The molecule has 2 fully saturated rings. The molecule has 1 saturated heterocycles. The van der Waals surface area contributed by atoms with Gasteiger partial charge in [-0.25, -0.2) is 4.98 Å². The smallest absolute Gasteiger partial charge is 0.240 e. The van der Waals surface area contributed by atoms with Crippen molar-refractivity contribution in [1.29, 1.82) is 0 Å². The lowest BCUT2D eigenvalue weighted by molar-refractivity contribution is -0.125. The molecule has 1 aromatic rings. The van der Waals surface area contributed by atoms with Crippen molar-refractivity contribution in [3.8, 4) is 0 Å². The normalized spacial score (nSPS) is 22.8. The molecule has 1 aromatic heterocycles. The zero-order chi connectivity index (χ0) is 15.4. The first-order valence-electron chi connectivity index (χ1n) is 7.93. The third-order valence-corrected chi connectivity index (χ3v) is 5.08. The summed E-state index contributed by atoms with van der Waals surface area (Å²) in [5.41, 5.74) is 0. The van der Waals surface area contributed by atoms with E-state index in [2.05, 4.69) is 15.6 Å². The first-order valence-corrected chi connectivity index (χ1v) is 8.81. The molecule has 1 aliphatic heterocycles. The van der Waals surface area contributed by atoms with Gasteiger partial charge in [-0.15, -0.1) is 11.3 Å². The van der Waals surface area contributed by atoms with Crippen LogP contribution in [0.5, 0.6) is 0 Å². The number of carbonyl (C=O) groups is 2. The summed E-state index contributed by atoms with van der Waals surface area (Å²) in [5.74, 6) is 0.120. The molecular weight excluding hydrogens is 300 g/mol. The second-order valence-corrected chi connectivity index (χ2v) is 6.99. The fourth-order valence-electron chi connectivity index (χ4n) is 3.23. The zero-order valence-electron chi connectivity index (χ0n) is 12.6. The molecule has 0 aromatic carbocycles. The van der Waals surface area contributed by atoms with Crippen molar-refractivity contribution < 1.29 is 9.59 Å². The Labute approximate surface area is 134 Å². The van der Waals surface area contributed by atoms with E-state index in [-0.39, 0.29) is 17.7 Å². The molecule has 0 bridgehead atoms. The van der Waals surface area contributed by atoms with E-state index < -0.39 is 0 Å². The summed E-state index contributed by atoms with van der Waals surface area (Å²) in [4.78, 5) is 30.3. The summed E-state index contributed by atoms with van der Waals surface area (Å²) in [6, 6.07) is 0.370. The van der Waals surface area contributed by atoms with Gasteiger partial charge in [0.1, 0.15) is 0 Å². The highest BCUT2D eigenvalue weighted by Gasteiger charge is 2.30. The van der Waals surface area contributed by atoms with Gasteiger partial charge in [-0.2, -0.15) is 0 Å². The number of hydrogen-bond acceptors (Lipinski definition) is 5. The van der Waals surface area contributed by atoms with E-state index in [0.717, 1.165) is 25.8 Å². The number of thiazole rings is 1. The van der Waals surface area contributed by atoms with Gasteiger partial charge in [0.05, 0.1) is 12.5 Å². The molecule has 2 N–H and O–H groups in total. The number of anilines is 1. The molecule has 22 heavy (non-hydrogen) atoms. The third-order valence-electron chi connectivity index (χ3n) is 4.39. The quantitative estimate of drug-likeness (QED) is 0.861. The molecule has 2 heterocycles. The Balaban J connectivity index is 1.41. The van der Waals surface area contributed by atoms with E-state index in [0.29, 0.717) is 24.3 Å². The second-order valence-electron chi connectivity index (χ2n) is 6.10. The number of amides is 2. The fraction of sp³-hybridized carbons (Fsp3) is 0.667. The van der Waals surface area contributed by atoms with Crippen LogP contribution in [0.4, 0.5) is 5.13 Å². The van der Waals surface area contributed by atoms with Gasteiger partial charge in [-0.1, -0.05) is 12.8 Å². The Morgan fingerprint density at radius 1 is 1.32 bits per heavy atom. The molecular formula is C15H22N4O2S. The molecule has 2 aliphatic rings. The van der Waals surface area contributed by atoms with E-state index in [9.17, 15) is 9.59 Å². The Kier molecular flexibility index (Phi) is 5.04. The van der Waals surface area contributed by atoms with Crippen molar-refractivity contribution in [1.82, 2.24) is 15.2 Å². The molecule has 0 radical (unpaired) electrons. The summed E-state index contributed by atoms with van der Waals surface area (Å²) in [7, 11) is 0.